The highest BCUT2D eigenvalue weighted by Crippen LogP contribution is 2.32. The molecular formula is C28H28BrFN8O2. The monoisotopic (exact) mass is 606 g/mol. The molecule has 0 unspecified atom stereocenters. The van der Waals surface area contributed by atoms with Crippen molar-refractivity contribution in [1.29, 1.82) is 0 Å². The molecule has 0 bridgehead atoms. The molecule has 206 valence electrons. The van der Waals surface area contributed by atoms with Crippen molar-refractivity contribution in [1.82, 2.24) is 29.2 Å². The minimum absolute atomic E-state index is 0.142. The van der Waals surface area contributed by atoms with Crippen molar-refractivity contribution in [3.8, 4) is 11.3 Å². The predicted molar refractivity (Wildman–Crippen MR) is 152 cm³/mol. The van der Waals surface area contributed by atoms with Gasteiger partial charge < -0.3 is 9.47 Å². The van der Waals surface area contributed by atoms with Crippen LogP contribution in [-0.2, 0) is 9.47 Å². The summed E-state index contributed by atoms with van der Waals surface area (Å²) in [6.45, 7) is 2.72. The summed E-state index contributed by atoms with van der Waals surface area (Å²) in [4.78, 5) is 9.01. The quantitative estimate of drug-likeness (QED) is 0.252. The van der Waals surface area contributed by atoms with E-state index in [1.54, 1.807) is 24.5 Å². The van der Waals surface area contributed by atoms with Crippen LogP contribution in [0.15, 0.2) is 65.5 Å². The summed E-state index contributed by atoms with van der Waals surface area (Å²) in [5, 5.41) is 14.7. The van der Waals surface area contributed by atoms with Crippen molar-refractivity contribution >= 4 is 38.9 Å². The highest BCUT2D eigenvalue weighted by Gasteiger charge is 2.35. The number of aromatic nitrogens is 6. The average Bonchev–Trinajstić information content (AvgIpc) is 3.60. The van der Waals surface area contributed by atoms with Gasteiger partial charge in [-0.05, 0) is 90.1 Å². The van der Waals surface area contributed by atoms with E-state index in [0.717, 1.165) is 64.5 Å². The SMILES string of the molecule is Fc1ccc(-c2cnc3ccc(N(C4CCOCC4)N(c4ccc5ncc(Br)n5n4)C4CCOCC4)nn23)cc1. The fourth-order valence-electron chi connectivity index (χ4n) is 5.57. The number of hydrogen-bond acceptors (Lipinski definition) is 8. The maximum absolute atomic E-state index is 13.7. The third-order valence-corrected chi connectivity index (χ3v) is 8.11. The number of fused-ring (bicyclic) bond motifs is 2. The van der Waals surface area contributed by atoms with Crippen LogP contribution in [0.4, 0.5) is 16.0 Å². The molecule has 2 aliphatic heterocycles. The Morgan fingerprint density at radius 1 is 0.700 bits per heavy atom. The molecule has 6 heterocycles. The molecule has 4 aromatic heterocycles. The Labute approximate surface area is 238 Å². The number of hydrogen-bond donors (Lipinski definition) is 0. The fourth-order valence-corrected chi connectivity index (χ4v) is 5.93. The van der Waals surface area contributed by atoms with Crippen LogP contribution in [0, 0.1) is 5.82 Å². The standard InChI is InChI=1S/C28H28BrFN8O2/c29-24-18-32-26-6-8-28(34-36(24)26)38(22-11-15-40-16-12-22)37(21-9-13-39-14-10-21)27-7-5-25-31-17-23(35(25)33-27)19-1-3-20(30)4-2-19/h1-8,17-18,21-22H,9-16H2. The van der Waals surface area contributed by atoms with Crippen LogP contribution in [0.25, 0.3) is 22.6 Å². The Kier molecular flexibility index (Phi) is 6.82. The topological polar surface area (TPSA) is 85.3 Å². The van der Waals surface area contributed by atoms with Crippen LogP contribution in [0.3, 0.4) is 0 Å². The van der Waals surface area contributed by atoms with Gasteiger partial charge >= 0.3 is 0 Å². The molecular weight excluding hydrogens is 579 g/mol. The van der Waals surface area contributed by atoms with Gasteiger partial charge in [-0.1, -0.05) is 0 Å². The maximum atomic E-state index is 13.7. The summed E-state index contributed by atoms with van der Waals surface area (Å²) in [6.07, 6.45) is 6.96. The minimum Gasteiger partial charge on any atom is -0.381 e. The maximum Gasteiger partial charge on any atom is 0.168 e. The van der Waals surface area contributed by atoms with E-state index in [1.807, 2.05) is 33.3 Å². The van der Waals surface area contributed by atoms with E-state index in [0.29, 0.717) is 26.4 Å². The van der Waals surface area contributed by atoms with Crippen molar-refractivity contribution in [2.45, 2.75) is 37.8 Å². The predicted octanol–water partition coefficient (Wildman–Crippen LogP) is 4.93. The lowest BCUT2D eigenvalue weighted by Gasteiger charge is -2.47. The molecule has 0 N–H and O–H groups in total. The Morgan fingerprint density at radius 2 is 1.23 bits per heavy atom. The second-order valence-corrected chi connectivity index (χ2v) is 10.8. The number of hydrazine groups is 1. The number of imidazole rings is 2. The number of benzene rings is 1. The van der Waals surface area contributed by atoms with Crippen molar-refractivity contribution in [2.24, 2.45) is 0 Å². The molecule has 12 heteroatoms. The Bertz CT molecular complexity index is 1630. The zero-order valence-corrected chi connectivity index (χ0v) is 23.3. The third-order valence-electron chi connectivity index (χ3n) is 7.57. The second kappa shape index (κ2) is 10.8. The van der Waals surface area contributed by atoms with Gasteiger partial charge in [-0.25, -0.2) is 23.4 Å². The Morgan fingerprint density at radius 3 is 1.82 bits per heavy atom. The molecule has 7 rings (SSSR count). The molecule has 10 nitrogen and oxygen atoms in total. The molecule has 0 aliphatic carbocycles. The van der Waals surface area contributed by atoms with Crippen LogP contribution in [0.1, 0.15) is 25.7 Å². The van der Waals surface area contributed by atoms with Gasteiger partial charge in [-0.2, -0.15) is 0 Å². The van der Waals surface area contributed by atoms with E-state index >= 15 is 0 Å². The molecule has 40 heavy (non-hydrogen) atoms. The zero-order valence-electron chi connectivity index (χ0n) is 21.7. The first-order valence-corrected chi connectivity index (χ1v) is 14.3. The van der Waals surface area contributed by atoms with Gasteiger partial charge in [0, 0.05) is 32.0 Å². The van der Waals surface area contributed by atoms with Crippen molar-refractivity contribution < 1.29 is 13.9 Å². The number of nitrogens with zero attached hydrogens (tertiary/aromatic N) is 8. The molecule has 0 amide bonds. The van der Waals surface area contributed by atoms with Gasteiger partial charge in [0.1, 0.15) is 10.4 Å². The van der Waals surface area contributed by atoms with E-state index in [1.165, 1.54) is 12.1 Å². The highest BCUT2D eigenvalue weighted by atomic mass is 79.9. The second-order valence-electron chi connectivity index (χ2n) is 10.0. The highest BCUT2D eigenvalue weighted by molar-refractivity contribution is 9.10. The molecule has 2 saturated heterocycles. The molecule has 2 fully saturated rings. The molecule has 1 aromatic carbocycles. The average molecular weight is 607 g/mol. The molecule has 0 saturated carbocycles. The summed E-state index contributed by atoms with van der Waals surface area (Å²) in [6, 6.07) is 14.7. The number of anilines is 2. The van der Waals surface area contributed by atoms with Crippen LogP contribution in [0.5, 0.6) is 0 Å². The van der Waals surface area contributed by atoms with Gasteiger partial charge in [0.05, 0.1) is 30.2 Å². The van der Waals surface area contributed by atoms with Crippen molar-refractivity contribution in [2.75, 3.05) is 36.4 Å². The van der Waals surface area contributed by atoms with E-state index in [9.17, 15) is 4.39 Å². The summed E-state index contributed by atoms with van der Waals surface area (Å²) in [5.41, 5.74) is 3.12. The van der Waals surface area contributed by atoms with Crippen LogP contribution >= 0.6 is 15.9 Å². The minimum atomic E-state index is -0.280. The number of rotatable bonds is 6. The van der Waals surface area contributed by atoms with Crippen molar-refractivity contribution in [3.63, 3.8) is 0 Å². The summed E-state index contributed by atoms with van der Waals surface area (Å²) < 4.78 is 29.6. The van der Waals surface area contributed by atoms with Crippen LogP contribution < -0.4 is 10.0 Å². The van der Waals surface area contributed by atoms with E-state index in [4.69, 9.17) is 19.7 Å². The lowest BCUT2D eigenvalue weighted by Crippen LogP contribution is -2.57. The summed E-state index contributed by atoms with van der Waals surface area (Å²) >= 11 is 3.59. The van der Waals surface area contributed by atoms with E-state index in [-0.39, 0.29) is 17.9 Å². The van der Waals surface area contributed by atoms with E-state index < -0.39 is 0 Å². The van der Waals surface area contributed by atoms with Crippen molar-refractivity contribution in [3.05, 3.63) is 71.3 Å². The van der Waals surface area contributed by atoms with Gasteiger partial charge in [0.25, 0.3) is 0 Å². The zero-order chi connectivity index (χ0) is 27.1. The molecule has 0 radical (unpaired) electrons. The molecule has 0 spiro atoms. The lowest BCUT2D eigenvalue weighted by atomic mass is 10.1. The first-order chi connectivity index (χ1) is 19.7. The fraction of sp³-hybridized carbons (Fsp3) is 0.357. The van der Waals surface area contributed by atoms with Crippen LogP contribution in [0.2, 0.25) is 0 Å². The smallest absolute Gasteiger partial charge is 0.168 e. The van der Waals surface area contributed by atoms with Crippen LogP contribution in [-0.4, -0.2) is 67.7 Å². The van der Waals surface area contributed by atoms with Gasteiger partial charge in [-0.3, -0.25) is 10.0 Å². The lowest BCUT2D eigenvalue weighted by molar-refractivity contribution is 0.0729. The molecule has 5 aromatic rings. The molecule has 2 aliphatic rings. The third kappa shape index (κ3) is 4.69. The van der Waals surface area contributed by atoms with Gasteiger partial charge in [-0.15, -0.1) is 10.2 Å². The summed E-state index contributed by atoms with van der Waals surface area (Å²) in [7, 11) is 0. The van der Waals surface area contributed by atoms with Gasteiger partial charge in [0.2, 0.25) is 0 Å². The Hall–Kier alpha value is -3.61. The van der Waals surface area contributed by atoms with E-state index in [2.05, 4.69) is 35.9 Å². The summed E-state index contributed by atoms with van der Waals surface area (Å²) in [5.74, 6) is 1.30. The number of halogens is 2. The first kappa shape index (κ1) is 25.4. The molecule has 0 atom stereocenters. The largest absolute Gasteiger partial charge is 0.381 e. The first-order valence-electron chi connectivity index (χ1n) is 13.5. The normalized spacial score (nSPS) is 17.1. The number of ether oxygens (including phenoxy) is 2. The Balaban J connectivity index is 1.39. The van der Waals surface area contributed by atoms with Gasteiger partial charge in [0.15, 0.2) is 22.9 Å².